The lowest BCUT2D eigenvalue weighted by atomic mass is 9.86. The number of rotatable bonds is 2. The van der Waals surface area contributed by atoms with Gasteiger partial charge in [-0.05, 0) is 60.4 Å². The smallest absolute Gasteiger partial charge is 0.189 e. The number of methoxy groups -OCH3 is 1. The van der Waals surface area contributed by atoms with Crippen molar-refractivity contribution in [3.63, 3.8) is 0 Å². The molecule has 1 aliphatic carbocycles. The van der Waals surface area contributed by atoms with Crippen LogP contribution in [0.15, 0.2) is 42.0 Å². The second-order valence-corrected chi connectivity index (χ2v) is 6.03. The molecule has 4 heteroatoms. The van der Waals surface area contributed by atoms with E-state index in [2.05, 4.69) is 0 Å². The molecule has 0 aromatic heterocycles. The van der Waals surface area contributed by atoms with Crippen LogP contribution in [0.5, 0.6) is 5.75 Å². The van der Waals surface area contributed by atoms with Crippen LogP contribution in [0, 0.1) is 0 Å². The fourth-order valence-corrected chi connectivity index (χ4v) is 3.09. The lowest BCUT2D eigenvalue weighted by molar-refractivity contribution is 0.102. The van der Waals surface area contributed by atoms with Crippen molar-refractivity contribution in [3.05, 3.63) is 68.7 Å². The van der Waals surface area contributed by atoms with E-state index in [-0.39, 0.29) is 5.78 Å². The molecule has 0 heterocycles. The summed E-state index contributed by atoms with van der Waals surface area (Å²) in [5.41, 5.74) is 3.35. The van der Waals surface area contributed by atoms with Crippen LogP contribution in [0.25, 0.3) is 6.08 Å². The zero-order valence-corrected chi connectivity index (χ0v) is 13.5. The predicted molar refractivity (Wildman–Crippen MR) is 90.1 cm³/mol. The van der Waals surface area contributed by atoms with Crippen molar-refractivity contribution in [2.45, 2.75) is 12.8 Å². The Kier molecular flexibility index (Phi) is 4.23. The van der Waals surface area contributed by atoms with Gasteiger partial charge in [-0.25, -0.2) is 0 Å². The van der Waals surface area contributed by atoms with Crippen molar-refractivity contribution < 1.29 is 9.53 Å². The third kappa shape index (κ3) is 2.90. The van der Waals surface area contributed by atoms with Crippen LogP contribution >= 0.6 is 23.2 Å². The molecule has 0 saturated heterocycles. The van der Waals surface area contributed by atoms with Gasteiger partial charge in [0, 0.05) is 21.2 Å². The number of carbonyl (C=O) groups excluding carboxylic acids is 1. The van der Waals surface area contributed by atoms with E-state index >= 15 is 0 Å². The van der Waals surface area contributed by atoms with Crippen molar-refractivity contribution in [2.75, 3.05) is 7.11 Å². The Labute approximate surface area is 139 Å². The summed E-state index contributed by atoms with van der Waals surface area (Å²) in [5.74, 6) is 0.828. The highest BCUT2D eigenvalue weighted by atomic mass is 35.5. The summed E-state index contributed by atoms with van der Waals surface area (Å²) in [5, 5.41) is 1.13. The monoisotopic (exact) mass is 332 g/mol. The van der Waals surface area contributed by atoms with Crippen molar-refractivity contribution in [1.82, 2.24) is 0 Å². The van der Waals surface area contributed by atoms with E-state index < -0.39 is 0 Å². The molecule has 0 atom stereocenters. The van der Waals surface area contributed by atoms with Crippen LogP contribution in [-0.2, 0) is 6.42 Å². The molecule has 0 N–H and O–H groups in total. The lowest BCUT2D eigenvalue weighted by Gasteiger charge is -2.18. The number of allylic oxidation sites excluding steroid dienone is 1. The molecule has 0 unspecified atom stereocenters. The highest BCUT2D eigenvalue weighted by Gasteiger charge is 2.22. The van der Waals surface area contributed by atoms with E-state index in [0.29, 0.717) is 16.5 Å². The topological polar surface area (TPSA) is 26.3 Å². The average molecular weight is 333 g/mol. The number of ether oxygens (including phenoxy) is 1. The molecule has 3 rings (SSSR count). The zero-order valence-electron chi connectivity index (χ0n) is 12.0. The third-order valence-corrected chi connectivity index (χ3v) is 4.37. The van der Waals surface area contributed by atoms with Crippen LogP contribution in [0.4, 0.5) is 0 Å². The maximum Gasteiger partial charge on any atom is 0.189 e. The molecule has 0 amide bonds. The number of ketones is 1. The normalized spacial score (nSPS) is 15.8. The van der Waals surface area contributed by atoms with Gasteiger partial charge in [-0.15, -0.1) is 0 Å². The first-order valence-corrected chi connectivity index (χ1v) is 7.71. The summed E-state index contributed by atoms with van der Waals surface area (Å²) in [4.78, 5) is 12.6. The standard InChI is InChI=1S/C18H14Cl2O2/c1-22-15-6-7-16-11(9-15)2-3-13(18(16)21)8-12-4-5-14(19)10-17(12)20/h4-10H,2-3H2,1H3/b13-8-. The number of carbonyl (C=O) groups is 1. The molecule has 0 saturated carbocycles. The Morgan fingerprint density at radius 1 is 1.09 bits per heavy atom. The Bertz CT molecular complexity index is 779. The summed E-state index contributed by atoms with van der Waals surface area (Å²) < 4.78 is 5.21. The van der Waals surface area contributed by atoms with Gasteiger partial charge in [0.2, 0.25) is 0 Å². The van der Waals surface area contributed by atoms with Crippen LogP contribution in [-0.4, -0.2) is 12.9 Å². The van der Waals surface area contributed by atoms with Gasteiger partial charge < -0.3 is 4.74 Å². The summed E-state index contributed by atoms with van der Waals surface area (Å²) in [7, 11) is 1.63. The highest BCUT2D eigenvalue weighted by Crippen LogP contribution is 2.31. The maximum atomic E-state index is 12.6. The minimum Gasteiger partial charge on any atom is -0.497 e. The van der Waals surface area contributed by atoms with Crippen LogP contribution < -0.4 is 4.74 Å². The van der Waals surface area contributed by atoms with Crippen molar-refractivity contribution in [3.8, 4) is 5.75 Å². The van der Waals surface area contributed by atoms with Gasteiger partial charge in [0.15, 0.2) is 5.78 Å². The molecule has 0 spiro atoms. The third-order valence-electron chi connectivity index (χ3n) is 3.80. The SMILES string of the molecule is COc1ccc2c(c1)CC/C(=C/c1ccc(Cl)cc1Cl)C2=O. The molecule has 0 bridgehead atoms. The van der Waals surface area contributed by atoms with E-state index in [1.165, 1.54) is 0 Å². The van der Waals surface area contributed by atoms with Gasteiger partial charge in [-0.3, -0.25) is 4.79 Å². The first kappa shape index (κ1) is 15.1. The predicted octanol–water partition coefficient (Wildman–Crippen LogP) is 5.21. The first-order chi connectivity index (χ1) is 10.6. The lowest BCUT2D eigenvalue weighted by Crippen LogP contribution is -2.14. The fraction of sp³-hybridized carbons (Fsp3) is 0.167. The Hall–Kier alpha value is -1.77. The Morgan fingerprint density at radius 2 is 1.91 bits per heavy atom. The molecule has 0 fully saturated rings. The van der Waals surface area contributed by atoms with Crippen LogP contribution in [0.3, 0.4) is 0 Å². The van der Waals surface area contributed by atoms with E-state index in [9.17, 15) is 4.79 Å². The van der Waals surface area contributed by atoms with Gasteiger partial charge >= 0.3 is 0 Å². The van der Waals surface area contributed by atoms with Gasteiger partial charge in [0.05, 0.1) is 7.11 Å². The molecular weight excluding hydrogens is 319 g/mol. The fourth-order valence-electron chi connectivity index (χ4n) is 2.63. The van der Waals surface area contributed by atoms with Crippen LogP contribution in [0.1, 0.15) is 27.9 Å². The van der Waals surface area contributed by atoms with Crippen LogP contribution in [0.2, 0.25) is 10.0 Å². The summed E-state index contributed by atoms with van der Waals surface area (Å²) in [6, 6.07) is 10.9. The number of hydrogen-bond acceptors (Lipinski definition) is 2. The van der Waals surface area contributed by atoms with Gasteiger partial charge in [-0.2, -0.15) is 0 Å². The molecule has 2 aromatic carbocycles. The second kappa shape index (κ2) is 6.15. The highest BCUT2D eigenvalue weighted by molar-refractivity contribution is 6.35. The van der Waals surface area contributed by atoms with Crippen molar-refractivity contribution >= 4 is 35.1 Å². The van der Waals surface area contributed by atoms with Gasteiger partial charge in [0.1, 0.15) is 5.75 Å². The first-order valence-electron chi connectivity index (χ1n) is 6.95. The largest absolute Gasteiger partial charge is 0.497 e. The molecule has 2 nitrogen and oxygen atoms in total. The number of benzene rings is 2. The Balaban J connectivity index is 1.97. The van der Waals surface area contributed by atoms with Crippen molar-refractivity contribution in [1.29, 1.82) is 0 Å². The second-order valence-electron chi connectivity index (χ2n) is 5.19. The zero-order chi connectivity index (χ0) is 15.7. The molecule has 0 radical (unpaired) electrons. The number of aryl methyl sites for hydroxylation is 1. The number of Topliss-reactive ketones (excluding diaryl/α,β-unsaturated/α-hetero) is 1. The van der Waals surface area contributed by atoms with Crippen molar-refractivity contribution in [2.24, 2.45) is 0 Å². The molecule has 2 aromatic rings. The van der Waals surface area contributed by atoms with Gasteiger partial charge in [0.25, 0.3) is 0 Å². The van der Waals surface area contributed by atoms with E-state index in [4.69, 9.17) is 27.9 Å². The quantitative estimate of drug-likeness (QED) is 0.705. The number of halogens is 2. The molecule has 112 valence electrons. The minimum atomic E-state index is 0.0509. The molecular formula is C18H14Cl2O2. The number of hydrogen-bond donors (Lipinski definition) is 0. The van der Waals surface area contributed by atoms with E-state index in [0.717, 1.165) is 34.4 Å². The maximum absolute atomic E-state index is 12.6. The summed E-state index contributed by atoms with van der Waals surface area (Å²) in [6.07, 6.45) is 3.36. The molecule has 22 heavy (non-hydrogen) atoms. The molecule has 0 aliphatic heterocycles. The Morgan fingerprint density at radius 3 is 2.64 bits per heavy atom. The summed E-state index contributed by atoms with van der Waals surface area (Å²) in [6.45, 7) is 0. The molecule has 1 aliphatic rings. The minimum absolute atomic E-state index is 0.0509. The number of fused-ring (bicyclic) bond motifs is 1. The van der Waals surface area contributed by atoms with E-state index in [1.807, 2.05) is 30.3 Å². The van der Waals surface area contributed by atoms with Gasteiger partial charge in [-0.1, -0.05) is 29.3 Å². The van der Waals surface area contributed by atoms with E-state index in [1.54, 1.807) is 19.2 Å². The summed E-state index contributed by atoms with van der Waals surface area (Å²) >= 11 is 12.1. The average Bonchev–Trinajstić information content (AvgIpc) is 2.52.